The van der Waals surface area contributed by atoms with Crippen molar-refractivity contribution in [2.75, 3.05) is 0 Å². The van der Waals surface area contributed by atoms with Crippen LogP contribution in [0.15, 0.2) is 24.3 Å². The number of benzene rings is 1. The van der Waals surface area contributed by atoms with Gasteiger partial charge in [0, 0.05) is 0 Å². The van der Waals surface area contributed by atoms with Crippen LogP contribution in [0, 0.1) is 0 Å². The maximum atomic E-state index is 10.8. The maximum Gasteiger partial charge on any atom is 0.153 e. The van der Waals surface area contributed by atoms with E-state index >= 15 is 0 Å². The molecule has 0 atom stereocenters. The van der Waals surface area contributed by atoms with Crippen molar-refractivity contribution < 1.29 is 4.79 Å². The Bertz CT molecular complexity index is 429. The molecule has 0 aliphatic carbocycles. The summed E-state index contributed by atoms with van der Waals surface area (Å²) < 4.78 is 0. The van der Waals surface area contributed by atoms with Crippen LogP contribution in [0.2, 0.25) is 0 Å². The summed E-state index contributed by atoms with van der Waals surface area (Å²) in [6, 6.07) is 7.54. The third-order valence-electron chi connectivity index (χ3n) is 1.69. The first-order valence-electron chi connectivity index (χ1n) is 5.46. The van der Waals surface area contributed by atoms with Crippen molar-refractivity contribution >= 4 is 16.8 Å². The number of aromatic nitrogens is 3. The van der Waals surface area contributed by atoms with E-state index in [0.29, 0.717) is 0 Å². The third kappa shape index (κ3) is 3.46. The summed E-state index contributed by atoms with van der Waals surface area (Å²) in [6.07, 6.45) is 1.25. The molecule has 0 saturated carbocycles. The maximum absolute atomic E-state index is 10.8. The Hall–Kier alpha value is -1.71. The number of rotatable bonds is 2. The molecule has 86 valence electrons. The van der Waals surface area contributed by atoms with Crippen LogP contribution in [-0.4, -0.2) is 20.8 Å². The molecule has 0 unspecified atom stereocenters. The molecular formula is C12H17N3O. The van der Waals surface area contributed by atoms with Gasteiger partial charge in [0.25, 0.3) is 0 Å². The molecule has 0 saturated heterocycles. The molecule has 1 aromatic carbocycles. The SMILES string of the molecule is CC(=O)Cn1nc2ccccc2n1.CCC. The van der Waals surface area contributed by atoms with Gasteiger partial charge in [-0.3, -0.25) is 4.79 Å². The number of ketones is 1. The highest BCUT2D eigenvalue weighted by Gasteiger charge is 2.02. The lowest BCUT2D eigenvalue weighted by Gasteiger charge is -1.91. The Balaban J connectivity index is 0.000000386. The largest absolute Gasteiger partial charge is 0.298 e. The molecule has 0 spiro atoms. The van der Waals surface area contributed by atoms with E-state index in [0.717, 1.165) is 11.0 Å². The molecule has 1 heterocycles. The monoisotopic (exact) mass is 219 g/mol. The van der Waals surface area contributed by atoms with E-state index in [2.05, 4.69) is 24.0 Å². The van der Waals surface area contributed by atoms with E-state index in [1.54, 1.807) is 0 Å². The number of Topliss-reactive ketones (excluding diaryl/α,β-unsaturated/α-hetero) is 1. The van der Waals surface area contributed by atoms with Gasteiger partial charge in [0.1, 0.15) is 17.6 Å². The van der Waals surface area contributed by atoms with Crippen LogP contribution in [0.5, 0.6) is 0 Å². The van der Waals surface area contributed by atoms with Crippen LogP contribution in [0.3, 0.4) is 0 Å². The number of nitrogens with zero attached hydrogens (tertiary/aromatic N) is 3. The first-order chi connectivity index (χ1) is 7.67. The molecule has 0 N–H and O–H groups in total. The average molecular weight is 219 g/mol. The lowest BCUT2D eigenvalue weighted by Crippen LogP contribution is -2.08. The lowest BCUT2D eigenvalue weighted by atomic mass is 10.3. The van der Waals surface area contributed by atoms with E-state index in [1.807, 2.05) is 24.3 Å². The molecule has 2 rings (SSSR count). The Morgan fingerprint density at radius 1 is 1.19 bits per heavy atom. The molecule has 0 amide bonds. The molecule has 0 bridgehead atoms. The van der Waals surface area contributed by atoms with E-state index in [9.17, 15) is 4.79 Å². The summed E-state index contributed by atoms with van der Waals surface area (Å²) in [7, 11) is 0. The van der Waals surface area contributed by atoms with Gasteiger partial charge in [-0.25, -0.2) is 0 Å². The first kappa shape index (κ1) is 12.4. The molecule has 0 aliphatic heterocycles. The minimum absolute atomic E-state index is 0.0558. The van der Waals surface area contributed by atoms with Crippen molar-refractivity contribution in [3.05, 3.63) is 24.3 Å². The summed E-state index contributed by atoms with van der Waals surface area (Å²) in [6.45, 7) is 6.02. The highest BCUT2D eigenvalue weighted by Crippen LogP contribution is 2.06. The minimum atomic E-state index is 0.0558. The number of hydrogen-bond donors (Lipinski definition) is 0. The molecule has 1 aromatic heterocycles. The van der Waals surface area contributed by atoms with Gasteiger partial charge >= 0.3 is 0 Å². The van der Waals surface area contributed by atoms with Gasteiger partial charge in [0.2, 0.25) is 0 Å². The van der Waals surface area contributed by atoms with Crippen molar-refractivity contribution in [2.24, 2.45) is 0 Å². The van der Waals surface area contributed by atoms with Crippen LogP contribution in [-0.2, 0) is 11.3 Å². The zero-order valence-corrected chi connectivity index (χ0v) is 9.97. The molecule has 0 fully saturated rings. The molecule has 0 radical (unpaired) electrons. The summed E-state index contributed by atoms with van der Waals surface area (Å²) in [5.41, 5.74) is 1.65. The van der Waals surface area contributed by atoms with Crippen molar-refractivity contribution in [1.29, 1.82) is 0 Å². The van der Waals surface area contributed by atoms with Gasteiger partial charge in [0.05, 0.1) is 0 Å². The highest BCUT2D eigenvalue weighted by atomic mass is 16.1. The molecule has 4 heteroatoms. The van der Waals surface area contributed by atoms with Crippen LogP contribution >= 0.6 is 0 Å². The Labute approximate surface area is 95.3 Å². The standard InChI is InChI=1S/C9H9N3O.C3H8/c1-7(13)6-12-10-8-4-2-3-5-9(8)11-12;1-3-2/h2-5H,6H2,1H3;3H2,1-2H3. The van der Waals surface area contributed by atoms with Crippen molar-refractivity contribution in [2.45, 2.75) is 33.7 Å². The predicted molar refractivity (Wildman–Crippen MR) is 64.2 cm³/mol. The number of hydrogen-bond acceptors (Lipinski definition) is 3. The third-order valence-corrected chi connectivity index (χ3v) is 1.69. The lowest BCUT2D eigenvalue weighted by molar-refractivity contribution is -0.117. The zero-order valence-electron chi connectivity index (χ0n) is 9.97. The molecule has 16 heavy (non-hydrogen) atoms. The Morgan fingerprint density at radius 3 is 2.00 bits per heavy atom. The van der Waals surface area contributed by atoms with E-state index < -0.39 is 0 Å². The Morgan fingerprint density at radius 2 is 1.62 bits per heavy atom. The highest BCUT2D eigenvalue weighted by molar-refractivity contribution is 5.76. The van der Waals surface area contributed by atoms with Gasteiger partial charge < -0.3 is 0 Å². The first-order valence-corrected chi connectivity index (χ1v) is 5.46. The zero-order chi connectivity index (χ0) is 12.0. The van der Waals surface area contributed by atoms with Gasteiger partial charge in [-0.2, -0.15) is 15.0 Å². The van der Waals surface area contributed by atoms with Crippen LogP contribution in [0.1, 0.15) is 27.2 Å². The second-order valence-electron chi connectivity index (χ2n) is 3.63. The fraction of sp³-hybridized carbons (Fsp3) is 0.417. The summed E-state index contributed by atoms with van der Waals surface area (Å²) >= 11 is 0. The summed E-state index contributed by atoms with van der Waals surface area (Å²) in [5, 5.41) is 8.28. The normalized spacial score (nSPS) is 9.69. The fourth-order valence-corrected chi connectivity index (χ4v) is 1.17. The summed E-state index contributed by atoms with van der Waals surface area (Å²) in [4.78, 5) is 12.2. The van der Waals surface area contributed by atoms with E-state index in [4.69, 9.17) is 0 Å². The van der Waals surface area contributed by atoms with Crippen LogP contribution in [0.4, 0.5) is 0 Å². The second kappa shape index (κ2) is 6.00. The minimum Gasteiger partial charge on any atom is -0.298 e. The average Bonchev–Trinajstić information content (AvgIpc) is 2.59. The van der Waals surface area contributed by atoms with Crippen LogP contribution in [0.25, 0.3) is 11.0 Å². The van der Waals surface area contributed by atoms with E-state index in [-0.39, 0.29) is 12.3 Å². The fourth-order valence-electron chi connectivity index (χ4n) is 1.17. The summed E-state index contributed by atoms with van der Waals surface area (Å²) in [5.74, 6) is 0.0558. The molecule has 4 nitrogen and oxygen atoms in total. The van der Waals surface area contributed by atoms with Gasteiger partial charge in [-0.15, -0.1) is 0 Å². The predicted octanol–water partition coefficient (Wildman–Crippen LogP) is 2.44. The van der Waals surface area contributed by atoms with Gasteiger partial charge in [-0.05, 0) is 19.1 Å². The smallest absolute Gasteiger partial charge is 0.153 e. The molecule has 2 aromatic rings. The second-order valence-corrected chi connectivity index (χ2v) is 3.63. The van der Waals surface area contributed by atoms with Crippen molar-refractivity contribution in [1.82, 2.24) is 15.0 Å². The number of carbonyl (C=O) groups is 1. The Kier molecular flexibility index (Phi) is 4.64. The van der Waals surface area contributed by atoms with Gasteiger partial charge in [-0.1, -0.05) is 32.4 Å². The number of fused-ring (bicyclic) bond motifs is 1. The van der Waals surface area contributed by atoms with E-state index in [1.165, 1.54) is 18.1 Å². The van der Waals surface area contributed by atoms with Gasteiger partial charge in [0.15, 0.2) is 5.78 Å². The quantitative estimate of drug-likeness (QED) is 0.779. The van der Waals surface area contributed by atoms with Crippen molar-refractivity contribution in [3.8, 4) is 0 Å². The topological polar surface area (TPSA) is 47.8 Å². The van der Waals surface area contributed by atoms with Crippen LogP contribution < -0.4 is 0 Å². The molecule has 0 aliphatic rings. The van der Waals surface area contributed by atoms with Crippen molar-refractivity contribution in [3.63, 3.8) is 0 Å². The molecular weight excluding hydrogens is 202 g/mol. The number of carbonyl (C=O) groups excluding carboxylic acids is 1.